The van der Waals surface area contributed by atoms with Gasteiger partial charge in [0.1, 0.15) is 11.5 Å². The smallest absolute Gasteiger partial charge is 0.275 e. The molecule has 0 unspecified atom stereocenters. The molecule has 37 heavy (non-hydrogen) atoms. The molecule has 1 aliphatic heterocycles. The third kappa shape index (κ3) is 5.75. The molecule has 192 valence electrons. The van der Waals surface area contributed by atoms with Crippen LogP contribution < -0.4 is 21.7 Å². The highest BCUT2D eigenvalue weighted by Gasteiger charge is 2.19. The lowest BCUT2D eigenvalue weighted by molar-refractivity contribution is 0.0903. The highest BCUT2D eigenvalue weighted by molar-refractivity contribution is 6.02. The van der Waals surface area contributed by atoms with E-state index < -0.39 is 0 Å². The molecule has 1 aliphatic rings. The number of hydrogen-bond donors (Lipinski definition) is 4. The predicted octanol–water partition coefficient (Wildman–Crippen LogP) is 3.08. The molecule has 0 saturated carbocycles. The fourth-order valence-electron chi connectivity index (χ4n) is 4.13. The quantitative estimate of drug-likeness (QED) is 0.282. The van der Waals surface area contributed by atoms with Crippen molar-refractivity contribution in [2.75, 3.05) is 34.9 Å². The number of ether oxygens (including phenoxy) is 1. The number of carbonyl (C=O) groups is 1. The van der Waals surface area contributed by atoms with Gasteiger partial charge in [0.25, 0.3) is 5.91 Å². The first-order valence-corrected chi connectivity index (χ1v) is 12.3. The van der Waals surface area contributed by atoms with Crippen LogP contribution in [0, 0.1) is 0 Å². The maximum Gasteiger partial charge on any atom is 0.275 e. The molecule has 0 bridgehead atoms. The fraction of sp³-hybridized carbons (Fsp3) is 0.360. The maximum atomic E-state index is 12.5. The maximum absolute atomic E-state index is 12.5. The summed E-state index contributed by atoms with van der Waals surface area (Å²) in [5.74, 6) is 1.21. The van der Waals surface area contributed by atoms with Crippen LogP contribution in [-0.2, 0) is 11.3 Å². The van der Waals surface area contributed by atoms with Gasteiger partial charge in [0, 0.05) is 37.1 Å². The molecule has 0 atom stereocenters. The van der Waals surface area contributed by atoms with Gasteiger partial charge in [-0.2, -0.15) is 19.6 Å². The first kappa shape index (κ1) is 24.4. The number of aromatic nitrogens is 6. The number of nitrogens with two attached hydrogens (primary N) is 1. The Morgan fingerprint density at radius 2 is 2.00 bits per heavy atom. The van der Waals surface area contributed by atoms with Crippen molar-refractivity contribution < 1.29 is 9.53 Å². The molecule has 4 aromatic rings. The second-order valence-corrected chi connectivity index (χ2v) is 9.23. The third-order valence-electron chi connectivity index (χ3n) is 6.09. The molecule has 0 aliphatic carbocycles. The van der Waals surface area contributed by atoms with Crippen molar-refractivity contribution in [3.05, 3.63) is 59.7 Å². The Balaban J connectivity index is 1.34. The molecule has 12 nitrogen and oxygen atoms in total. The van der Waals surface area contributed by atoms with Crippen molar-refractivity contribution in [2.24, 2.45) is 0 Å². The van der Waals surface area contributed by atoms with E-state index in [1.54, 1.807) is 4.52 Å². The van der Waals surface area contributed by atoms with Crippen LogP contribution in [-0.4, -0.2) is 54.7 Å². The van der Waals surface area contributed by atoms with Crippen molar-refractivity contribution in [2.45, 2.75) is 45.2 Å². The molecule has 1 aromatic carbocycles. The Kier molecular flexibility index (Phi) is 7.08. The first-order chi connectivity index (χ1) is 18.0. The summed E-state index contributed by atoms with van der Waals surface area (Å²) in [4.78, 5) is 30.0. The highest BCUT2D eigenvalue weighted by atomic mass is 16.5. The standard InChI is InChI=1S/C25H30N10O2/c1-15(2)19-12-29-35-22(19)33-24(31-17-6-8-37-9-7-17)34-25(35)28-11-16-4-3-5-18(10-16)30-23(36)20-13-27-14-21(26)32-20/h3-5,10,12-15,17H,6-9,11H2,1-2H3,(H2,26,32)(H,30,36)(H2,28,31,33,34). The van der Waals surface area contributed by atoms with Crippen LogP contribution in [0.15, 0.2) is 42.9 Å². The van der Waals surface area contributed by atoms with Crippen molar-refractivity contribution in [1.29, 1.82) is 0 Å². The second kappa shape index (κ2) is 10.7. The Hall–Kier alpha value is -4.32. The van der Waals surface area contributed by atoms with E-state index in [1.165, 1.54) is 12.4 Å². The van der Waals surface area contributed by atoms with Crippen LogP contribution >= 0.6 is 0 Å². The van der Waals surface area contributed by atoms with E-state index in [2.05, 4.69) is 44.9 Å². The molecule has 1 fully saturated rings. The number of anilines is 4. The van der Waals surface area contributed by atoms with Crippen LogP contribution in [0.2, 0.25) is 0 Å². The van der Waals surface area contributed by atoms with Gasteiger partial charge in [0.15, 0.2) is 5.65 Å². The Labute approximate surface area is 214 Å². The van der Waals surface area contributed by atoms with Crippen LogP contribution in [0.5, 0.6) is 0 Å². The van der Waals surface area contributed by atoms with E-state index in [0.717, 1.165) is 42.8 Å². The summed E-state index contributed by atoms with van der Waals surface area (Å²) in [5, 5.41) is 14.2. The van der Waals surface area contributed by atoms with Gasteiger partial charge in [0.2, 0.25) is 11.9 Å². The van der Waals surface area contributed by atoms with Gasteiger partial charge in [-0.25, -0.2) is 4.98 Å². The third-order valence-corrected chi connectivity index (χ3v) is 6.09. The number of amides is 1. The van der Waals surface area contributed by atoms with E-state index in [4.69, 9.17) is 20.4 Å². The number of nitrogen functional groups attached to an aromatic ring is 1. The number of hydrogen-bond acceptors (Lipinski definition) is 10. The van der Waals surface area contributed by atoms with Gasteiger partial charge in [-0.3, -0.25) is 9.78 Å². The molecule has 1 amide bonds. The Morgan fingerprint density at radius 3 is 2.78 bits per heavy atom. The lowest BCUT2D eigenvalue weighted by atomic mass is 10.1. The summed E-state index contributed by atoms with van der Waals surface area (Å²) in [6.07, 6.45) is 6.42. The predicted molar refractivity (Wildman–Crippen MR) is 141 cm³/mol. The summed E-state index contributed by atoms with van der Waals surface area (Å²) >= 11 is 0. The number of nitrogens with one attached hydrogen (secondary N) is 3. The molecule has 4 heterocycles. The summed E-state index contributed by atoms with van der Waals surface area (Å²) in [6, 6.07) is 7.79. The van der Waals surface area contributed by atoms with E-state index in [1.807, 2.05) is 30.5 Å². The second-order valence-electron chi connectivity index (χ2n) is 9.23. The zero-order valence-electron chi connectivity index (χ0n) is 20.8. The Morgan fingerprint density at radius 1 is 1.16 bits per heavy atom. The monoisotopic (exact) mass is 502 g/mol. The first-order valence-electron chi connectivity index (χ1n) is 12.3. The number of benzene rings is 1. The lowest BCUT2D eigenvalue weighted by Gasteiger charge is -2.23. The Bertz CT molecular complexity index is 1400. The van der Waals surface area contributed by atoms with Crippen LogP contribution in [0.1, 0.15) is 54.2 Å². The topological polar surface area (TPSA) is 157 Å². The highest BCUT2D eigenvalue weighted by Crippen LogP contribution is 2.23. The minimum absolute atomic E-state index is 0.149. The minimum Gasteiger partial charge on any atom is -0.382 e. The van der Waals surface area contributed by atoms with Crippen LogP contribution in [0.4, 0.5) is 23.4 Å². The van der Waals surface area contributed by atoms with E-state index in [0.29, 0.717) is 24.1 Å². The molecular weight excluding hydrogens is 472 g/mol. The van der Waals surface area contributed by atoms with E-state index >= 15 is 0 Å². The fourth-order valence-corrected chi connectivity index (χ4v) is 4.13. The van der Waals surface area contributed by atoms with E-state index in [9.17, 15) is 4.79 Å². The summed E-state index contributed by atoms with van der Waals surface area (Å²) < 4.78 is 7.21. The van der Waals surface area contributed by atoms with Gasteiger partial charge in [-0.1, -0.05) is 26.0 Å². The zero-order valence-corrected chi connectivity index (χ0v) is 20.8. The van der Waals surface area contributed by atoms with Gasteiger partial charge >= 0.3 is 0 Å². The number of carbonyl (C=O) groups excluding carboxylic acids is 1. The molecule has 1 saturated heterocycles. The number of fused-ring (bicyclic) bond motifs is 1. The van der Waals surface area contributed by atoms with Gasteiger partial charge < -0.3 is 26.4 Å². The summed E-state index contributed by atoms with van der Waals surface area (Å²) in [7, 11) is 0. The molecule has 3 aromatic heterocycles. The molecule has 5 N–H and O–H groups in total. The van der Waals surface area contributed by atoms with E-state index in [-0.39, 0.29) is 29.4 Å². The normalized spacial score (nSPS) is 14.1. The lowest BCUT2D eigenvalue weighted by Crippen LogP contribution is -2.29. The van der Waals surface area contributed by atoms with Crippen molar-refractivity contribution in [1.82, 2.24) is 29.5 Å². The SMILES string of the molecule is CC(C)c1cnn2c(NCc3cccc(NC(=O)c4cncc(N)n4)c3)nc(NC3CCOCC3)nc12. The van der Waals surface area contributed by atoms with Gasteiger partial charge in [-0.05, 0) is 36.5 Å². The van der Waals surface area contributed by atoms with Gasteiger partial charge in [0.05, 0.1) is 18.6 Å². The zero-order chi connectivity index (χ0) is 25.8. The number of rotatable bonds is 8. The van der Waals surface area contributed by atoms with Crippen LogP contribution in [0.25, 0.3) is 5.65 Å². The molecule has 0 radical (unpaired) electrons. The molecular formula is C25H30N10O2. The largest absolute Gasteiger partial charge is 0.382 e. The average Bonchev–Trinajstić information content (AvgIpc) is 3.33. The van der Waals surface area contributed by atoms with Crippen molar-refractivity contribution in [3.8, 4) is 0 Å². The number of nitrogens with zero attached hydrogens (tertiary/aromatic N) is 6. The minimum atomic E-state index is -0.385. The van der Waals surface area contributed by atoms with Crippen molar-refractivity contribution >= 4 is 35.0 Å². The van der Waals surface area contributed by atoms with Crippen molar-refractivity contribution in [3.63, 3.8) is 0 Å². The average molecular weight is 503 g/mol. The molecule has 5 rings (SSSR count). The molecule has 12 heteroatoms. The summed E-state index contributed by atoms with van der Waals surface area (Å²) in [5.41, 5.74) is 9.18. The summed E-state index contributed by atoms with van der Waals surface area (Å²) in [6.45, 7) is 6.15. The van der Waals surface area contributed by atoms with Crippen LogP contribution in [0.3, 0.4) is 0 Å². The molecule has 0 spiro atoms. The van der Waals surface area contributed by atoms with Gasteiger partial charge in [-0.15, -0.1) is 0 Å².